The topological polar surface area (TPSA) is 72.1 Å². The summed E-state index contributed by atoms with van der Waals surface area (Å²) in [4.78, 5) is 16.3. The molecule has 0 aliphatic carbocycles. The molecule has 4 aromatic heterocycles. The normalized spacial score (nSPS) is 14.1. The van der Waals surface area contributed by atoms with E-state index in [0.29, 0.717) is 0 Å². The SMILES string of the molecule is CCc1c(CCCCc2ncco2)c(Cc2cccs2)c(CCc2ccc[nH]2)c(CCN2CCOCC2)c1-n1ccnc1. The van der Waals surface area contributed by atoms with E-state index < -0.39 is 0 Å². The molecule has 0 amide bonds. The van der Waals surface area contributed by atoms with Gasteiger partial charge in [-0.05, 0) is 96.3 Å². The van der Waals surface area contributed by atoms with E-state index in [4.69, 9.17) is 9.15 Å². The maximum Gasteiger partial charge on any atom is 0.193 e. The third-order valence-corrected chi connectivity index (χ3v) is 9.59. The average molecular weight is 598 g/mol. The number of ether oxygens (including phenoxy) is 1. The minimum atomic E-state index is 0.824. The Morgan fingerprint density at radius 2 is 1.79 bits per heavy atom. The summed E-state index contributed by atoms with van der Waals surface area (Å²) in [6.07, 6.45) is 20.6. The number of hydrogen-bond donors (Lipinski definition) is 1. The molecule has 1 aromatic carbocycles. The van der Waals surface area contributed by atoms with Crippen LogP contribution in [0.2, 0.25) is 0 Å². The quantitative estimate of drug-likeness (QED) is 0.137. The van der Waals surface area contributed by atoms with Gasteiger partial charge in [0.1, 0.15) is 6.26 Å². The van der Waals surface area contributed by atoms with E-state index in [0.717, 1.165) is 96.5 Å². The number of aromatic nitrogens is 4. The Kier molecular flexibility index (Phi) is 10.2. The van der Waals surface area contributed by atoms with Crippen LogP contribution >= 0.6 is 11.3 Å². The van der Waals surface area contributed by atoms with Crippen LogP contribution in [0.5, 0.6) is 0 Å². The largest absolute Gasteiger partial charge is 0.449 e. The monoisotopic (exact) mass is 597 g/mol. The van der Waals surface area contributed by atoms with Gasteiger partial charge in [0, 0.05) is 61.6 Å². The number of aromatic amines is 1. The number of nitrogens with one attached hydrogen (secondary N) is 1. The van der Waals surface area contributed by atoms with Crippen LogP contribution < -0.4 is 0 Å². The van der Waals surface area contributed by atoms with Crippen LogP contribution in [-0.4, -0.2) is 57.3 Å². The molecule has 5 heterocycles. The number of aryl methyl sites for hydroxylation is 2. The predicted molar refractivity (Wildman–Crippen MR) is 172 cm³/mol. The average Bonchev–Trinajstić information content (AvgIpc) is 3.87. The summed E-state index contributed by atoms with van der Waals surface area (Å²) in [5.41, 5.74) is 10.2. The van der Waals surface area contributed by atoms with Gasteiger partial charge in [0.15, 0.2) is 5.89 Å². The second-order valence-corrected chi connectivity index (χ2v) is 12.4. The van der Waals surface area contributed by atoms with Crippen molar-refractivity contribution in [1.29, 1.82) is 0 Å². The van der Waals surface area contributed by atoms with Crippen LogP contribution in [0.1, 0.15) is 64.0 Å². The van der Waals surface area contributed by atoms with Crippen molar-refractivity contribution >= 4 is 11.3 Å². The van der Waals surface area contributed by atoms with Gasteiger partial charge < -0.3 is 18.7 Å². The van der Waals surface area contributed by atoms with Gasteiger partial charge in [0.05, 0.1) is 31.4 Å². The third kappa shape index (κ3) is 7.37. The lowest BCUT2D eigenvalue weighted by atomic mass is 9.81. The number of oxazole rings is 1. The molecule has 7 nitrogen and oxygen atoms in total. The summed E-state index contributed by atoms with van der Waals surface area (Å²) in [6.45, 7) is 7.02. The molecule has 0 radical (unpaired) electrons. The number of morpholine rings is 1. The summed E-state index contributed by atoms with van der Waals surface area (Å²) in [5, 5.41) is 2.21. The zero-order valence-electron chi connectivity index (χ0n) is 25.3. The number of hydrogen-bond acceptors (Lipinski definition) is 6. The maximum absolute atomic E-state index is 5.67. The summed E-state index contributed by atoms with van der Waals surface area (Å²) >= 11 is 1.87. The molecule has 0 bridgehead atoms. The molecule has 43 heavy (non-hydrogen) atoms. The molecular weight excluding hydrogens is 554 g/mol. The highest BCUT2D eigenvalue weighted by Gasteiger charge is 2.25. The van der Waals surface area contributed by atoms with Crippen LogP contribution in [0.3, 0.4) is 0 Å². The number of nitrogens with zero attached hydrogens (tertiary/aromatic N) is 4. The number of unbranched alkanes of at least 4 members (excludes halogenated alkanes) is 1. The van der Waals surface area contributed by atoms with Crippen LogP contribution in [0, 0.1) is 0 Å². The standard InChI is InChI=1S/C35H43N5O2S/c1-2-29-30(9-3-4-10-34-38-16-21-42-34)33(25-28-8-6-24-43-28)31(12-11-27-7-5-14-37-27)32(35(29)40-18-15-36-26-40)13-17-39-19-22-41-23-20-39/h5-8,14-16,18,21,24,26,37H,2-4,9-13,17,19-20,22-23,25H2,1H3. The van der Waals surface area contributed by atoms with Crippen molar-refractivity contribution in [3.05, 3.63) is 111 Å². The summed E-state index contributed by atoms with van der Waals surface area (Å²) < 4.78 is 13.5. The minimum absolute atomic E-state index is 0.824. The van der Waals surface area contributed by atoms with Crippen LogP contribution in [0.15, 0.2) is 71.4 Å². The Morgan fingerprint density at radius 1 is 0.907 bits per heavy atom. The van der Waals surface area contributed by atoms with E-state index in [9.17, 15) is 0 Å². The molecule has 1 saturated heterocycles. The first-order valence-corrected chi connectivity index (χ1v) is 16.7. The highest BCUT2D eigenvalue weighted by atomic mass is 32.1. The van der Waals surface area contributed by atoms with Gasteiger partial charge in [0.25, 0.3) is 0 Å². The number of thiophene rings is 1. The lowest BCUT2D eigenvalue weighted by Gasteiger charge is -2.30. The third-order valence-electron chi connectivity index (χ3n) is 8.72. The molecule has 1 N–H and O–H groups in total. The molecule has 1 aliphatic heterocycles. The lowest BCUT2D eigenvalue weighted by Crippen LogP contribution is -2.37. The first-order chi connectivity index (χ1) is 21.3. The van der Waals surface area contributed by atoms with Gasteiger partial charge in [-0.3, -0.25) is 4.90 Å². The second kappa shape index (κ2) is 14.8. The molecule has 8 heteroatoms. The first kappa shape index (κ1) is 29.6. The number of benzene rings is 1. The zero-order valence-corrected chi connectivity index (χ0v) is 26.1. The van der Waals surface area contributed by atoms with Gasteiger partial charge in [-0.2, -0.15) is 0 Å². The Balaban J connectivity index is 1.45. The molecule has 5 aromatic rings. The van der Waals surface area contributed by atoms with Gasteiger partial charge in [-0.1, -0.05) is 13.0 Å². The van der Waals surface area contributed by atoms with Crippen molar-refractivity contribution in [2.24, 2.45) is 0 Å². The predicted octanol–water partition coefficient (Wildman–Crippen LogP) is 6.63. The van der Waals surface area contributed by atoms with E-state index in [-0.39, 0.29) is 0 Å². The summed E-state index contributed by atoms with van der Waals surface area (Å²) in [5.74, 6) is 0.832. The Hall–Kier alpha value is -3.46. The smallest absolute Gasteiger partial charge is 0.193 e. The van der Waals surface area contributed by atoms with Crippen molar-refractivity contribution in [1.82, 2.24) is 24.4 Å². The Morgan fingerprint density at radius 3 is 2.51 bits per heavy atom. The Bertz CT molecular complexity index is 1500. The molecule has 0 spiro atoms. The molecule has 6 rings (SSSR count). The van der Waals surface area contributed by atoms with Crippen molar-refractivity contribution in [2.45, 2.75) is 64.7 Å². The van der Waals surface area contributed by atoms with Crippen molar-refractivity contribution in [3.63, 3.8) is 0 Å². The van der Waals surface area contributed by atoms with E-state index >= 15 is 0 Å². The molecule has 0 saturated carbocycles. The fraction of sp³-hybridized carbons (Fsp3) is 0.429. The highest BCUT2D eigenvalue weighted by Crippen LogP contribution is 2.36. The van der Waals surface area contributed by atoms with E-state index in [1.165, 1.54) is 38.5 Å². The van der Waals surface area contributed by atoms with Crippen LogP contribution in [-0.2, 0) is 49.7 Å². The number of imidazole rings is 1. The van der Waals surface area contributed by atoms with E-state index in [1.54, 1.807) is 18.0 Å². The number of H-pyrrole nitrogens is 1. The lowest BCUT2D eigenvalue weighted by molar-refractivity contribution is 0.0384. The van der Waals surface area contributed by atoms with E-state index in [1.807, 2.05) is 30.1 Å². The van der Waals surface area contributed by atoms with Crippen molar-refractivity contribution in [3.8, 4) is 5.69 Å². The van der Waals surface area contributed by atoms with Crippen molar-refractivity contribution < 1.29 is 9.15 Å². The maximum atomic E-state index is 5.67. The van der Waals surface area contributed by atoms with Crippen LogP contribution in [0.25, 0.3) is 5.69 Å². The first-order valence-electron chi connectivity index (χ1n) is 15.8. The van der Waals surface area contributed by atoms with Crippen LogP contribution in [0.4, 0.5) is 0 Å². The summed E-state index contributed by atoms with van der Waals surface area (Å²) in [7, 11) is 0. The highest BCUT2D eigenvalue weighted by molar-refractivity contribution is 7.09. The molecular formula is C35H43N5O2S. The zero-order chi connectivity index (χ0) is 29.3. The molecule has 0 unspecified atom stereocenters. The fourth-order valence-electron chi connectivity index (χ4n) is 6.60. The Labute approximate surface area is 259 Å². The second-order valence-electron chi connectivity index (χ2n) is 11.4. The molecule has 0 atom stereocenters. The fourth-order valence-corrected chi connectivity index (χ4v) is 7.32. The van der Waals surface area contributed by atoms with Gasteiger partial charge >= 0.3 is 0 Å². The van der Waals surface area contributed by atoms with E-state index in [2.05, 4.69) is 67.2 Å². The molecule has 1 fully saturated rings. The summed E-state index contributed by atoms with van der Waals surface area (Å²) in [6, 6.07) is 8.81. The van der Waals surface area contributed by atoms with Gasteiger partial charge in [-0.25, -0.2) is 9.97 Å². The van der Waals surface area contributed by atoms with Gasteiger partial charge in [-0.15, -0.1) is 11.3 Å². The van der Waals surface area contributed by atoms with Gasteiger partial charge in [0.2, 0.25) is 0 Å². The molecule has 1 aliphatic rings. The number of rotatable bonds is 15. The molecule has 226 valence electrons. The van der Waals surface area contributed by atoms with Crippen molar-refractivity contribution in [2.75, 3.05) is 32.8 Å². The minimum Gasteiger partial charge on any atom is -0.449 e.